The Morgan fingerprint density at radius 1 is 1.26 bits per heavy atom. The van der Waals surface area contributed by atoms with Gasteiger partial charge in [0, 0.05) is 6.42 Å². The van der Waals surface area contributed by atoms with E-state index in [1.807, 2.05) is 6.07 Å². The molecular formula is C17H21NO5. The summed E-state index contributed by atoms with van der Waals surface area (Å²) in [5, 5.41) is 9.72. The molecule has 124 valence electrons. The minimum atomic E-state index is -1.59. The number of rotatable bonds is 3. The highest BCUT2D eigenvalue weighted by Crippen LogP contribution is 2.44. The number of benzene rings is 1. The van der Waals surface area contributed by atoms with Crippen molar-refractivity contribution in [2.75, 3.05) is 0 Å². The molecule has 1 aromatic rings. The lowest BCUT2D eigenvalue weighted by Crippen LogP contribution is -2.61. The van der Waals surface area contributed by atoms with Gasteiger partial charge in [0.2, 0.25) is 5.91 Å². The number of ether oxygens (including phenoxy) is 1. The molecule has 1 atom stereocenters. The molecule has 23 heavy (non-hydrogen) atoms. The normalized spacial score (nSPS) is 21.3. The van der Waals surface area contributed by atoms with Crippen molar-refractivity contribution in [3.05, 3.63) is 35.9 Å². The third-order valence-electron chi connectivity index (χ3n) is 4.31. The van der Waals surface area contributed by atoms with Gasteiger partial charge < -0.3 is 9.84 Å². The second-order valence-electron chi connectivity index (χ2n) is 6.68. The molecule has 0 bridgehead atoms. The number of carbonyl (C=O) groups excluding carboxylic acids is 2. The minimum Gasteiger partial charge on any atom is -0.479 e. The van der Waals surface area contributed by atoms with Gasteiger partial charge in [-0.1, -0.05) is 51.1 Å². The second kappa shape index (κ2) is 6.02. The molecule has 0 aromatic heterocycles. The first-order valence-corrected chi connectivity index (χ1v) is 7.47. The first-order chi connectivity index (χ1) is 10.7. The van der Waals surface area contributed by atoms with Crippen LogP contribution in [0.3, 0.4) is 0 Å². The molecule has 0 unspecified atom stereocenters. The Balaban J connectivity index is 2.25. The average Bonchev–Trinajstić information content (AvgIpc) is 2.84. The van der Waals surface area contributed by atoms with Crippen molar-refractivity contribution in [3.8, 4) is 0 Å². The zero-order valence-corrected chi connectivity index (χ0v) is 13.5. The summed E-state index contributed by atoms with van der Waals surface area (Å²) < 4.78 is 5.19. The molecule has 1 fully saturated rings. The van der Waals surface area contributed by atoms with Gasteiger partial charge in [0.05, 0.1) is 0 Å². The lowest BCUT2D eigenvalue weighted by atomic mass is 9.72. The van der Waals surface area contributed by atoms with E-state index in [2.05, 4.69) is 0 Å². The first-order valence-electron chi connectivity index (χ1n) is 7.47. The fourth-order valence-electron chi connectivity index (χ4n) is 3.00. The van der Waals surface area contributed by atoms with E-state index in [0.717, 1.165) is 10.5 Å². The summed E-state index contributed by atoms with van der Waals surface area (Å²) in [6, 6.07) is 9.02. The summed E-state index contributed by atoms with van der Waals surface area (Å²) in [5.41, 5.74) is -1.63. The smallest absolute Gasteiger partial charge is 0.417 e. The third-order valence-corrected chi connectivity index (χ3v) is 4.31. The third kappa shape index (κ3) is 2.93. The molecule has 2 amide bonds. The van der Waals surface area contributed by atoms with Gasteiger partial charge in [-0.2, -0.15) is 0 Å². The largest absolute Gasteiger partial charge is 0.479 e. The van der Waals surface area contributed by atoms with Crippen molar-refractivity contribution in [1.29, 1.82) is 0 Å². The Morgan fingerprint density at radius 2 is 1.87 bits per heavy atom. The number of hydrogen-bond donors (Lipinski definition) is 1. The summed E-state index contributed by atoms with van der Waals surface area (Å²) in [5.74, 6) is -1.70. The van der Waals surface area contributed by atoms with E-state index in [9.17, 15) is 19.5 Å². The van der Waals surface area contributed by atoms with Crippen LogP contribution in [-0.2, 0) is 20.9 Å². The van der Waals surface area contributed by atoms with Gasteiger partial charge in [0.1, 0.15) is 6.61 Å². The Hall–Kier alpha value is -2.37. The zero-order valence-electron chi connectivity index (χ0n) is 13.5. The summed E-state index contributed by atoms with van der Waals surface area (Å²) in [6.07, 6.45) is -0.802. The molecule has 1 saturated heterocycles. The number of carboxylic acids is 1. The van der Waals surface area contributed by atoms with Crippen LogP contribution in [0.25, 0.3) is 0 Å². The number of carboxylic acid groups (broad SMARTS) is 1. The molecule has 0 spiro atoms. The van der Waals surface area contributed by atoms with E-state index in [1.165, 1.54) is 0 Å². The summed E-state index contributed by atoms with van der Waals surface area (Å²) in [6.45, 7) is 5.11. The van der Waals surface area contributed by atoms with E-state index in [-0.39, 0.29) is 19.4 Å². The van der Waals surface area contributed by atoms with Crippen LogP contribution in [0.5, 0.6) is 0 Å². The Bertz CT molecular complexity index is 620. The molecule has 0 saturated carbocycles. The maximum atomic E-state index is 12.4. The lowest BCUT2D eigenvalue weighted by Gasteiger charge is -2.42. The van der Waals surface area contributed by atoms with Crippen molar-refractivity contribution < 1.29 is 24.2 Å². The highest BCUT2D eigenvalue weighted by Gasteiger charge is 2.61. The fraction of sp³-hybridized carbons (Fsp3) is 0.471. The summed E-state index contributed by atoms with van der Waals surface area (Å²) >= 11 is 0. The maximum Gasteiger partial charge on any atom is 0.417 e. The van der Waals surface area contributed by atoms with Crippen molar-refractivity contribution in [1.82, 2.24) is 4.90 Å². The predicted octanol–water partition coefficient (Wildman–Crippen LogP) is 2.82. The molecule has 1 aliphatic rings. The SMILES string of the molecule is CC(C)(C)[C@]1(C(=O)O)CCC(=O)N1C(=O)OCc1ccccc1. The molecule has 0 radical (unpaired) electrons. The highest BCUT2D eigenvalue weighted by molar-refractivity contribution is 6.02. The minimum absolute atomic E-state index is 0.0106. The molecule has 1 heterocycles. The number of amides is 2. The van der Waals surface area contributed by atoms with Crippen LogP contribution in [0.1, 0.15) is 39.2 Å². The topological polar surface area (TPSA) is 83.9 Å². The molecule has 1 aromatic carbocycles. The van der Waals surface area contributed by atoms with Crippen LogP contribution in [0.4, 0.5) is 4.79 Å². The Kier molecular flexibility index (Phi) is 4.45. The number of nitrogens with zero attached hydrogens (tertiary/aromatic N) is 1. The van der Waals surface area contributed by atoms with Crippen LogP contribution >= 0.6 is 0 Å². The average molecular weight is 319 g/mol. The van der Waals surface area contributed by atoms with Gasteiger partial charge >= 0.3 is 12.1 Å². The number of hydrogen-bond acceptors (Lipinski definition) is 4. The summed E-state index contributed by atoms with van der Waals surface area (Å²) in [4.78, 5) is 37.3. The number of imide groups is 1. The van der Waals surface area contributed by atoms with Crippen LogP contribution < -0.4 is 0 Å². The van der Waals surface area contributed by atoms with Crippen LogP contribution in [0.2, 0.25) is 0 Å². The van der Waals surface area contributed by atoms with Crippen molar-refractivity contribution in [2.45, 2.75) is 45.8 Å². The lowest BCUT2D eigenvalue weighted by molar-refractivity contribution is -0.160. The molecule has 1 aliphatic heterocycles. The van der Waals surface area contributed by atoms with E-state index in [1.54, 1.807) is 45.0 Å². The quantitative estimate of drug-likeness (QED) is 0.926. The predicted molar refractivity (Wildman–Crippen MR) is 82.5 cm³/mol. The van der Waals surface area contributed by atoms with E-state index in [0.29, 0.717) is 0 Å². The van der Waals surface area contributed by atoms with Gasteiger partial charge in [-0.15, -0.1) is 0 Å². The monoisotopic (exact) mass is 319 g/mol. The first kappa shape index (κ1) is 17.0. The van der Waals surface area contributed by atoms with E-state index < -0.39 is 28.9 Å². The van der Waals surface area contributed by atoms with E-state index >= 15 is 0 Å². The second-order valence-corrected chi connectivity index (χ2v) is 6.68. The van der Waals surface area contributed by atoms with Crippen molar-refractivity contribution in [3.63, 3.8) is 0 Å². The molecular weight excluding hydrogens is 298 g/mol. The van der Waals surface area contributed by atoms with Crippen molar-refractivity contribution >= 4 is 18.0 Å². The van der Waals surface area contributed by atoms with E-state index in [4.69, 9.17) is 4.74 Å². The molecule has 2 rings (SSSR count). The molecule has 6 heteroatoms. The molecule has 0 aliphatic carbocycles. The standard InChI is InChI=1S/C17H21NO5/c1-16(2,3)17(14(20)21)10-9-13(19)18(17)15(22)23-11-12-7-5-4-6-8-12/h4-8H,9-11H2,1-3H3,(H,20,21)/t17-/m1/s1. The Morgan fingerprint density at radius 3 is 2.39 bits per heavy atom. The van der Waals surface area contributed by atoms with Gasteiger partial charge in [0.15, 0.2) is 5.54 Å². The number of likely N-dealkylation sites (tertiary alicyclic amines) is 1. The van der Waals surface area contributed by atoms with Gasteiger partial charge in [0.25, 0.3) is 0 Å². The highest BCUT2D eigenvalue weighted by atomic mass is 16.6. The van der Waals surface area contributed by atoms with Crippen molar-refractivity contribution in [2.24, 2.45) is 5.41 Å². The van der Waals surface area contributed by atoms with Crippen LogP contribution in [-0.4, -0.2) is 33.5 Å². The fourth-order valence-corrected chi connectivity index (χ4v) is 3.00. The number of carbonyl (C=O) groups is 3. The van der Waals surface area contributed by atoms with Crippen LogP contribution in [0, 0.1) is 5.41 Å². The van der Waals surface area contributed by atoms with Gasteiger partial charge in [-0.3, -0.25) is 4.79 Å². The Labute approximate surface area is 135 Å². The van der Waals surface area contributed by atoms with Crippen LogP contribution in [0.15, 0.2) is 30.3 Å². The molecule has 6 nitrogen and oxygen atoms in total. The zero-order chi connectivity index (χ0) is 17.3. The van der Waals surface area contributed by atoms with Gasteiger partial charge in [-0.05, 0) is 17.4 Å². The van der Waals surface area contributed by atoms with Gasteiger partial charge in [-0.25, -0.2) is 14.5 Å². The number of aliphatic carboxylic acids is 1. The molecule has 1 N–H and O–H groups in total. The maximum absolute atomic E-state index is 12.4. The summed E-state index contributed by atoms with van der Waals surface area (Å²) in [7, 11) is 0.